The lowest BCUT2D eigenvalue weighted by Crippen LogP contribution is -1.94. The molecule has 2 aromatic carbocycles. The van der Waals surface area contributed by atoms with Crippen LogP contribution in [0.2, 0.25) is 0 Å². The smallest absolute Gasteiger partial charge is 0.174 e. The van der Waals surface area contributed by atoms with Crippen LogP contribution in [-0.4, -0.2) is 9.97 Å². The lowest BCUT2D eigenvalue weighted by atomic mass is 10.1. The van der Waals surface area contributed by atoms with Crippen LogP contribution in [0.5, 0.6) is 5.75 Å². The van der Waals surface area contributed by atoms with Crippen LogP contribution in [0.1, 0.15) is 5.56 Å². The van der Waals surface area contributed by atoms with Crippen molar-refractivity contribution in [3.63, 3.8) is 0 Å². The molecule has 2 N–H and O–H groups in total. The number of nitrogens with one attached hydrogen (secondary N) is 2. The van der Waals surface area contributed by atoms with Crippen LogP contribution < -0.4 is 4.74 Å². The standard InChI is InChI=1S/C16H14N2OS/c20-16-17-10-15(18-16)13-6-8-14(9-7-13)19-11-12-4-2-1-3-5-12/h1-10H,11H2,(H2,17,18,20). The molecule has 3 rings (SSSR count). The van der Waals surface area contributed by atoms with E-state index in [1.165, 1.54) is 0 Å². The molecule has 0 bridgehead atoms. The molecule has 100 valence electrons. The van der Waals surface area contributed by atoms with Crippen molar-refractivity contribution in [3.05, 3.63) is 71.1 Å². The van der Waals surface area contributed by atoms with E-state index in [0.29, 0.717) is 11.4 Å². The number of ether oxygens (including phenoxy) is 1. The molecule has 4 heteroatoms. The number of aromatic amines is 2. The molecule has 0 aliphatic heterocycles. The first-order chi connectivity index (χ1) is 9.81. The number of benzene rings is 2. The highest BCUT2D eigenvalue weighted by molar-refractivity contribution is 7.71. The zero-order valence-electron chi connectivity index (χ0n) is 10.8. The van der Waals surface area contributed by atoms with Gasteiger partial charge in [0.05, 0.1) is 5.69 Å². The second-order valence-electron chi connectivity index (χ2n) is 4.46. The highest BCUT2D eigenvalue weighted by Crippen LogP contribution is 2.21. The molecule has 0 aliphatic carbocycles. The van der Waals surface area contributed by atoms with Gasteiger partial charge in [0.25, 0.3) is 0 Å². The van der Waals surface area contributed by atoms with Crippen molar-refractivity contribution in [3.8, 4) is 17.0 Å². The van der Waals surface area contributed by atoms with Gasteiger partial charge in [0.2, 0.25) is 0 Å². The zero-order valence-corrected chi connectivity index (χ0v) is 11.6. The number of rotatable bonds is 4. The van der Waals surface area contributed by atoms with E-state index < -0.39 is 0 Å². The summed E-state index contributed by atoms with van der Waals surface area (Å²) in [5, 5.41) is 0. The molecule has 0 radical (unpaired) electrons. The Balaban J connectivity index is 1.69. The Labute approximate surface area is 122 Å². The van der Waals surface area contributed by atoms with Gasteiger partial charge in [-0.25, -0.2) is 0 Å². The summed E-state index contributed by atoms with van der Waals surface area (Å²) in [4.78, 5) is 6.04. The van der Waals surface area contributed by atoms with Gasteiger partial charge in [0.15, 0.2) is 4.77 Å². The molecule has 3 aromatic rings. The summed E-state index contributed by atoms with van der Waals surface area (Å²) in [6, 6.07) is 18.1. The number of hydrogen-bond donors (Lipinski definition) is 2. The van der Waals surface area contributed by atoms with Crippen LogP contribution in [-0.2, 0) is 6.61 Å². The van der Waals surface area contributed by atoms with Crippen LogP contribution >= 0.6 is 12.2 Å². The molecule has 20 heavy (non-hydrogen) atoms. The first-order valence-corrected chi connectivity index (χ1v) is 6.77. The Kier molecular flexibility index (Phi) is 3.65. The van der Waals surface area contributed by atoms with Gasteiger partial charge >= 0.3 is 0 Å². The fourth-order valence-electron chi connectivity index (χ4n) is 1.96. The molecular formula is C16H14N2OS. The SMILES string of the molecule is S=c1[nH]cc(-c2ccc(OCc3ccccc3)cc2)[nH]1. The molecule has 3 nitrogen and oxygen atoms in total. The van der Waals surface area contributed by atoms with Crippen LogP contribution in [0.25, 0.3) is 11.3 Å². The quantitative estimate of drug-likeness (QED) is 0.700. The Morgan fingerprint density at radius 2 is 1.70 bits per heavy atom. The Hall–Kier alpha value is -2.33. The van der Waals surface area contributed by atoms with Gasteiger partial charge in [-0.1, -0.05) is 30.3 Å². The van der Waals surface area contributed by atoms with E-state index in [9.17, 15) is 0 Å². The molecule has 0 unspecified atom stereocenters. The van der Waals surface area contributed by atoms with Crippen molar-refractivity contribution >= 4 is 12.2 Å². The summed E-state index contributed by atoms with van der Waals surface area (Å²) in [7, 11) is 0. The molecular weight excluding hydrogens is 268 g/mol. The minimum atomic E-state index is 0.576. The number of imidazole rings is 1. The number of H-pyrrole nitrogens is 2. The van der Waals surface area contributed by atoms with Crippen LogP contribution in [0, 0.1) is 4.77 Å². The topological polar surface area (TPSA) is 40.8 Å². The van der Waals surface area contributed by atoms with Gasteiger partial charge in [-0.15, -0.1) is 0 Å². The summed E-state index contributed by atoms with van der Waals surface area (Å²) in [6.45, 7) is 0.576. The van der Waals surface area contributed by atoms with Gasteiger partial charge < -0.3 is 14.7 Å². The molecule has 0 amide bonds. The molecule has 0 fully saturated rings. The molecule has 1 heterocycles. The van der Waals surface area contributed by atoms with Gasteiger partial charge in [-0.05, 0) is 47.6 Å². The normalized spacial score (nSPS) is 10.4. The summed E-state index contributed by atoms with van der Waals surface area (Å²) in [5.74, 6) is 0.853. The second kappa shape index (κ2) is 5.75. The molecule has 1 aromatic heterocycles. The predicted molar refractivity (Wildman–Crippen MR) is 82.2 cm³/mol. The fraction of sp³-hybridized carbons (Fsp3) is 0.0625. The van der Waals surface area contributed by atoms with Crippen molar-refractivity contribution < 1.29 is 4.74 Å². The van der Waals surface area contributed by atoms with Crippen LogP contribution in [0.3, 0.4) is 0 Å². The first kappa shape index (κ1) is 12.7. The van der Waals surface area contributed by atoms with Gasteiger partial charge in [0.1, 0.15) is 12.4 Å². The third kappa shape index (κ3) is 2.97. The van der Waals surface area contributed by atoms with E-state index in [4.69, 9.17) is 17.0 Å². The highest BCUT2D eigenvalue weighted by atomic mass is 32.1. The fourth-order valence-corrected chi connectivity index (χ4v) is 2.13. The molecule has 0 saturated heterocycles. The summed E-state index contributed by atoms with van der Waals surface area (Å²) in [5.41, 5.74) is 3.21. The Morgan fingerprint density at radius 1 is 0.950 bits per heavy atom. The van der Waals surface area contributed by atoms with E-state index in [2.05, 4.69) is 9.97 Å². The van der Waals surface area contributed by atoms with Crippen LogP contribution in [0.4, 0.5) is 0 Å². The average molecular weight is 282 g/mol. The van der Waals surface area contributed by atoms with Crippen molar-refractivity contribution in [1.82, 2.24) is 9.97 Å². The second-order valence-corrected chi connectivity index (χ2v) is 4.86. The van der Waals surface area contributed by atoms with Gasteiger partial charge in [-0.3, -0.25) is 0 Å². The summed E-state index contributed by atoms with van der Waals surface area (Å²) < 4.78 is 6.38. The zero-order chi connectivity index (χ0) is 13.8. The first-order valence-electron chi connectivity index (χ1n) is 6.36. The molecule has 0 atom stereocenters. The van der Waals surface area contributed by atoms with Gasteiger partial charge in [-0.2, -0.15) is 0 Å². The van der Waals surface area contributed by atoms with E-state index >= 15 is 0 Å². The van der Waals surface area contributed by atoms with E-state index in [1.54, 1.807) is 0 Å². The highest BCUT2D eigenvalue weighted by Gasteiger charge is 2.00. The van der Waals surface area contributed by atoms with Crippen LogP contribution in [0.15, 0.2) is 60.8 Å². The number of aromatic nitrogens is 2. The van der Waals surface area contributed by atoms with Crippen molar-refractivity contribution in [2.45, 2.75) is 6.61 Å². The maximum absolute atomic E-state index is 5.75. The summed E-state index contributed by atoms with van der Waals surface area (Å²) >= 11 is 5.02. The molecule has 0 spiro atoms. The van der Waals surface area contributed by atoms with Crippen molar-refractivity contribution in [2.24, 2.45) is 0 Å². The molecule has 0 aliphatic rings. The third-order valence-corrected chi connectivity index (χ3v) is 3.23. The minimum Gasteiger partial charge on any atom is -0.489 e. The summed E-state index contributed by atoms with van der Waals surface area (Å²) in [6.07, 6.45) is 1.86. The van der Waals surface area contributed by atoms with Crippen molar-refractivity contribution in [1.29, 1.82) is 0 Å². The lowest BCUT2D eigenvalue weighted by molar-refractivity contribution is 0.306. The number of hydrogen-bond acceptors (Lipinski definition) is 2. The monoisotopic (exact) mass is 282 g/mol. The lowest BCUT2D eigenvalue weighted by Gasteiger charge is -2.06. The average Bonchev–Trinajstić information content (AvgIpc) is 2.93. The predicted octanol–water partition coefficient (Wildman–Crippen LogP) is 4.32. The maximum atomic E-state index is 5.75. The van der Waals surface area contributed by atoms with E-state index in [0.717, 1.165) is 22.6 Å². The Morgan fingerprint density at radius 3 is 2.35 bits per heavy atom. The van der Waals surface area contributed by atoms with Gasteiger partial charge in [0, 0.05) is 6.20 Å². The van der Waals surface area contributed by atoms with E-state index in [-0.39, 0.29) is 0 Å². The van der Waals surface area contributed by atoms with Crippen molar-refractivity contribution in [2.75, 3.05) is 0 Å². The maximum Gasteiger partial charge on any atom is 0.174 e. The Bertz CT molecular complexity index is 729. The molecule has 0 saturated carbocycles. The van der Waals surface area contributed by atoms with E-state index in [1.807, 2.05) is 60.8 Å². The minimum absolute atomic E-state index is 0.576. The largest absolute Gasteiger partial charge is 0.489 e. The third-order valence-electron chi connectivity index (χ3n) is 3.01.